The average molecular weight is 242 g/mol. The number of carbonyl (C=O) groups is 2. The first-order valence-electron chi connectivity index (χ1n) is 6.06. The number of nitrogens with two attached hydrogens (primary N) is 1. The number of carboxylic acids is 1. The highest BCUT2D eigenvalue weighted by Gasteiger charge is 2.28. The lowest BCUT2D eigenvalue weighted by Crippen LogP contribution is -2.40. The highest BCUT2D eigenvalue weighted by Crippen LogP contribution is 2.22. The van der Waals surface area contributed by atoms with Gasteiger partial charge in [-0.25, -0.2) is 0 Å². The first-order chi connectivity index (χ1) is 7.78. The fourth-order valence-corrected chi connectivity index (χ4v) is 2.12. The minimum absolute atomic E-state index is 0.0790. The number of carbonyl (C=O) groups excluding carboxylic acids is 1. The summed E-state index contributed by atoms with van der Waals surface area (Å²) in [6.45, 7) is 5.09. The van der Waals surface area contributed by atoms with Crippen LogP contribution in [-0.2, 0) is 9.59 Å². The quantitative estimate of drug-likeness (QED) is 0.748. The van der Waals surface area contributed by atoms with Gasteiger partial charge in [0.15, 0.2) is 0 Å². The zero-order valence-electron chi connectivity index (χ0n) is 10.6. The molecule has 17 heavy (non-hydrogen) atoms. The second-order valence-electron chi connectivity index (χ2n) is 5.59. The molecule has 5 heteroatoms. The maximum absolute atomic E-state index is 11.9. The molecular formula is C12H22N2O3. The molecule has 1 fully saturated rings. The summed E-state index contributed by atoms with van der Waals surface area (Å²) < 4.78 is 0. The van der Waals surface area contributed by atoms with Crippen molar-refractivity contribution in [2.24, 2.45) is 11.7 Å². The van der Waals surface area contributed by atoms with E-state index in [1.165, 1.54) is 0 Å². The molecule has 0 aromatic carbocycles. The molecule has 0 saturated carbocycles. The van der Waals surface area contributed by atoms with Gasteiger partial charge in [0.1, 0.15) is 0 Å². The van der Waals surface area contributed by atoms with E-state index in [4.69, 9.17) is 10.8 Å². The fourth-order valence-electron chi connectivity index (χ4n) is 2.12. The summed E-state index contributed by atoms with van der Waals surface area (Å²) in [7, 11) is 0. The lowest BCUT2D eigenvalue weighted by Gasteiger charge is -2.23. The molecule has 0 spiro atoms. The number of rotatable bonds is 5. The number of amides is 1. The smallest absolute Gasteiger partial charge is 0.303 e. The van der Waals surface area contributed by atoms with Gasteiger partial charge in [0.05, 0.1) is 0 Å². The Bertz CT molecular complexity index is 297. The summed E-state index contributed by atoms with van der Waals surface area (Å²) in [5, 5.41) is 8.60. The van der Waals surface area contributed by atoms with Crippen LogP contribution < -0.4 is 5.73 Å². The molecule has 0 radical (unpaired) electrons. The number of carboxylic acid groups (broad SMARTS) is 1. The van der Waals surface area contributed by atoms with Gasteiger partial charge in [-0.1, -0.05) is 0 Å². The van der Waals surface area contributed by atoms with Crippen LogP contribution in [0.15, 0.2) is 0 Å². The van der Waals surface area contributed by atoms with Crippen molar-refractivity contribution in [1.29, 1.82) is 0 Å². The first-order valence-corrected chi connectivity index (χ1v) is 6.06. The third-order valence-corrected chi connectivity index (χ3v) is 3.01. The molecule has 0 aliphatic carbocycles. The van der Waals surface area contributed by atoms with E-state index in [2.05, 4.69) is 0 Å². The van der Waals surface area contributed by atoms with E-state index in [-0.39, 0.29) is 12.3 Å². The standard InChI is InChI=1S/C12H22N2O3/c1-12(2,13)7-10(15)14-6-5-9(8-14)3-4-11(16)17/h9H,3-8,13H2,1-2H3,(H,16,17). The normalized spacial score (nSPS) is 20.6. The van der Waals surface area contributed by atoms with Crippen LogP contribution in [0.3, 0.4) is 0 Å². The highest BCUT2D eigenvalue weighted by atomic mass is 16.4. The minimum atomic E-state index is -0.766. The highest BCUT2D eigenvalue weighted by molar-refractivity contribution is 5.77. The second-order valence-corrected chi connectivity index (χ2v) is 5.59. The molecule has 0 aromatic heterocycles. The van der Waals surface area contributed by atoms with Crippen LogP contribution in [0.1, 0.15) is 39.5 Å². The van der Waals surface area contributed by atoms with Crippen molar-refractivity contribution in [3.63, 3.8) is 0 Å². The fraction of sp³-hybridized carbons (Fsp3) is 0.833. The van der Waals surface area contributed by atoms with Crippen LogP contribution in [-0.4, -0.2) is 40.5 Å². The summed E-state index contributed by atoms with van der Waals surface area (Å²) in [6, 6.07) is 0. The molecule has 1 amide bonds. The Balaban J connectivity index is 2.34. The number of hydrogen-bond acceptors (Lipinski definition) is 3. The van der Waals surface area contributed by atoms with E-state index in [1.54, 1.807) is 4.90 Å². The van der Waals surface area contributed by atoms with Gasteiger partial charge < -0.3 is 15.7 Å². The SMILES string of the molecule is CC(C)(N)CC(=O)N1CCC(CCC(=O)O)C1. The Morgan fingerprint density at radius 3 is 2.65 bits per heavy atom. The third kappa shape index (κ3) is 5.17. The summed E-state index contributed by atoms with van der Waals surface area (Å²) in [5.74, 6) is -0.357. The number of likely N-dealkylation sites (tertiary alicyclic amines) is 1. The molecule has 1 rings (SSSR count). The molecule has 0 bridgehead atoms. The van der Waals surface area contributed by atoms with Crippen LogP contribution in [0.25, 0.3) is 0 Å². The van der Waals surface area contributed by atoms with Crippen molar-refractivity contribution in [2.45, 2.75) is 45.1 Å². The number of aliphatic carboxylic acids is 1. The van der Waals surface area contributed by atoms with Crippen molar-refractivity contribution < 1.29 is 14.7 Å². The molecule has 1 unspecified atom stereocenters. The van der Waals surface area contributed by atoms with Crippen LogP contribution >= 0.6 is 0 Å². The summed E-state index contributed by atoms with van der Waals surface area (Å²) in [5.41, 5.74) is 5.34. The molecule has 1 saturated heterocycles. The van der Waals surface area contributed by atoms with Crippen molar-refractivity contribution >= 4 is 11.9 Å². The maximum atomic E-state index is 11.9. The van der Waals surface area contributed by atoms with E-state index in [0.29, 0.717) is 25.3 Å². The van der Waals surface area contributed by atoms with Crippen molar-refractivity contribution in [1.82, 2.24) is 4.90 Å². The lowest BCUT2D eigenvalue weighted by atomic mass is 10.0. The largest absolute Gasteiger partial charge is 0.481 e. The summed E-state index contributed by atoms with van der Waals surface area (Å²) >= 11 is 0. The minimum Gasteiger partial charge on any atom is -0.481 e. The molecule has 3 N–H and O–H groups in total. The monoisotopic (exact) mass is 242 g/mol. The zero-order valence-corrected chi connectivity index (χ0v) is 10.6. The Morgan fingerprint density at radius 1 is 1.47 bits per heavy atom. The van der Waals surface area contributed by atoms with E-state index in [1.807, 2.05) is 13.8 Å². The Labute approximate surface area is 102 Å². The van der Waals surface area contributed by atoms with E-state index in [9.17, 15) is 9.59 Å². The summed E-state index contributed by atoms with van der Waals surface area (Å²) in [4.78, 5) is 24.1. The van der Waals surface area contributed by atoms with Crippen molar-refractivity contribution in [3.8, 4) is 0 Å². The van der Waals surface area contributed by atoms with Gasteiger partial charge in [-0.3, -0.25) is 9.59 Å². The molecule has 0 aromatic rings. The molecule has 1 heterocycles. The van der Waals surface area contributed by atoms with Gasteiger partial charge in [-0.05, 0) is 32.6 Å². The predicted molar refractivity (Wildman–Crippen MR) is 64.4 cm³/mol. The van der Waals surface area contributed by atoms with Gasteiger partial charge >= 0.3 is 5.97 Å². The second kappa shape index (κ2) is 5.49. The predicted octanol–water partition coefficient (Wildman–Crippen LogP) is 0.827. The van der Waals surface area contributed by atoms with Gasteiger partial charge in [0, 0.05) is 31.5 Å². The third-order valence-electron chi connectivity index (χ3n) is 3.01. The van der Waals surface area contributed by atoms with Crippen molar-refractivity contribution in [3.05, 3.63) is 0 Å². The molecule has 1 aliphatic rings. The van der Waals surface area contributed by atoms with Gasteiger partial charge in [0.2, 0.25) is 5.91 Å². The first kappa shape index (κ1) is 14.0. The van der Waals surface area contributed by atoms with Gasteiger partial charge in [0.25, 0.3) is 0 Å². The maximum Gasteiger partial charge on any atom is 0.303 e. The van der Waals surface area contributed by atoms with E-state index in [0.717, 1.165) is 13.0 Å². The Morgan fingerprint density at radius 2 is 2.12 bits per heavy atom. The number of nitrogens with zero attached hydrogens (tertiary/aromatic N) is 1. The lowest BCUT2D eigenvalue weighted by molar-refractivity contribution is -0.137. The molecular weight excluding hydrogens is 220 g/mol. The van der Waals surface area contributed by atoms with E-state index >= 15 is 0 Å². The van der Waals surface area contributed by atoms with Crippen LogP contribution in [0, 0.1) is 5.92 Å². The van der Waals surface area contributed by atoms with Crippen LogP contribution in [0.2, 0.25) is 0 Å². The molecule has 1 atom stereocenters. The number of hydrogen-bond donors (Lipinski definition) is 2. The van der Waals surface area contributed by atoms with Crippen LogP contribution in [0.5, 0.6) is 0 Å². The zero-order chi connectivity index (χ0) is 13.1. The Kier molecular flexibility index (Phi) is 4.51. The average Bonchev–Trinajstić information content (AvgIpc) is 2.60. The van der Waals surface area contributed by atoms with Crippen molar-refractivity contribution in [2.75, 3.05) is 13.1 Å². The van der Waals surface area contributed by atoms with E-state index < -0.39 is 11.5 Å². The Hall–Kier alpha value is -1.10. The summed E-state index contributed by atoms with van der Waals surface area (Å²) in [6.07, 6.45) is 2.10. The molecule has 98 valence electrons. The molecule has 1 aliphatic heterocycles. The van der Waals surface area contributed by atoms with Gasteiger partial charge in [-0.2, -0.15) is 0 Å². The molecule has 5 nitrogen and oxygen atoms in total. The topological polar surface area (TPSA) is 83.6 Å². The van der Waals surface area contributed by atoms with Gasteiger partial charge in [-0.15, -0.1) is 0 Å². The van der Waals surface area contributed by atoms with Crippen LogP contribution in [0.4, 0.5) is 0 Å².